The van der Waals surface area contributed by atoms with Gasteiger partial charge in [0.2, 0.25) is 0 Å². The quantitative estimate of drug-likeness (QED) is 0.590. The highest BCUT2D eigenvalue weighted by atomic mass is 16.5. The van der Waals surface area contributed by atoms with E-state index in [9.17, 15) is 14.7 Å². The van der Waals surface area contributed by atoms with E-state index in [-0.39, 0.29) is 35.0 Å². The molecular formula is C27H44O5. The molecule has 0 aromatic carbocycles. The Bertz CT molecular complexity index is 721. The second-order valence-corrected chi connectivity index (χ2v) is 12.1. The lowest BCUT2D eigenvalue weighted by Gasteiger charge is -2.62. The van der Waals surface area contributed by atoms with E-state index in [1.807, 2.05) is 0 Å². The molecule has 5 nitrogen and oxygen atoms in total. The average molecular weight is 449 g/mol. The van der Waals surface area contributed by atoms with Gasteiger partial charge in [-0.2, -0.15) is 0 Å². The Morgan fingerprint density at radius 2 is 1.84 bits per heavy atom. The van der Waals surface area contributed by atoms with Gasteiger partial charge in [0.05, 0.1) is 13.2 Å². The lowest BCUT2D eigenvalue weighted by molar-refractivity contribution is -0.186. The fourth-order valence-corrected chi connectivity index (χ4v) is 9.31. The molecule has 4 aliphatic rings. The molecule has 0 heterocycles. The number of rotatable bonds is 5. The van der Waals surface area contributed by atoms with Gasteiger partial charge in [-0.05, 0) is 104 Å². The zero-order chi connectivity index (χ0) is 23.3. The van der Waals surface area contributed by atoms with E-state index in [4.69, 9.17) is 9.47 Å². The topological polar surface area (TPSA) is 72.8 Å². The van der Waals surface area contributed by atoms with Gasteiger partial charge in [-0.25, -0.2) is 0 Å². The SMILES string of the molecule is COC(=O)CCC(C)C1CCC2C3CCC4C[C@H](OC(C)=O)CCC4(C)C3C(O)CC12C. The van der Waals surface area contributed by atoms with Gasteiger partial charge in [0, 0.05) is 13.3 Å². The van der Waals surface area contributed by atoms with Crippen molar-refractivity contribution in [1.82, 2.24) is 0 Å². The number of aliphatic hydroxyl groups excluding tert-OH is 1. The van der Waals surface area contributed by atoms with Crippen LogP contribution in [0.5, 0.6) is 0 Å². The van der Waals surface area contributed by atoms with Crippen molar-refractivity contribution < 1.29 is 24.2 Å². The van der Waals surface area contributed by atoms with E-state index < -0.39 is 0 Å². The second-order valence-electron chi connectivity index (χ2n) is 12.1. The highest BCUT2D eigenvalue weighted by molar-refractivity contribution is 5.69. The number of hydrogen-bond donors (Lipinski definition) is 1. The third kappa shape index (κ3) is 4.01. The first-order valence-corrected chi connectivity index (χ1v) is 13.0. The molecule has 182 valence electrons. The number of hydrogen-bond acceptors (Lipinski definition) is 5. The molecule has 4 fully saturated rings. The lowest BCUT2D eigenvalue weighted by Crippen LogP contribution is -2.59. The molecule has 4 aliphatic carbocycles. The Morgan fingerprint density at radius 3 is 2.53 bits per heavy atom. The van der Waals surface area contributed by atoms with Crippen LogP contribution in [0.1, 0.15) is 91.9 Å². The van der Waals surface area contributed by atoms with E-state index in [1.165, 1.54) is 39.7 Å². The number of carbonyl (C=O) groups is 2. The molecule has 9 unspecified atom stereocenters. The number of aliphatic hydroxyl groups is 1. The van der Waals surface area contributed by atoms with Gasteiger partial charge in [-0.1, -0.05) is 20.8 Å². The van der Waals surface area contributed by atoms with Crippen LogP contribution in [-0.2, 0) is 19.1 Å². The fourth-order valence-electron chi connectivity index (χ4n) is 9.31. The van der Waals surface area contributed by atoms with E-state index >= 15 is 0 Å². The third-order valence-corrected chi connectivity index (χ3v) is 10.7. The summed E-state index contributed by atoms with van der Waals surface area (Å²) in [6.07, 6.45) is 9.86. The molecule has 5 heteroatoms. The Balaban J connectivity index is 1.50. The monoisotopic (exact) mass is 448 g/mol. The van der Waals surface area contributed by atoms with Crippen molar-refractivity contribution in [3.63, 3.8) is 0 Å². The van der Waals surface area contributed by atoms with Gasteiger partial charge < -0.3 is 14.6 Å². The van der Waals surface area contributed by atoms with Crippen LogP contribution in [0.25, 0.3) is 0 Å². The van der Waals surface area contributed by atoms with Crippen LogP contribution >= 0.6 is 0 Å². The third-order valence-electron chi connectivity index (χ3n) is 10.7. The predicted molar refractivity (Wildman–Crippen MR) is 123 cm³/mol. The van der Waals surface area contributed by atoms with E-state index in [0.29, 0.717) is 41.9 Å². The zero-order valence-corrected chi connectivity index (χ0v) is 20.8. The number of carbonyl (C=O) groups excluding carboxylic acids is 2. The highest BCUT2D eigenvalue weighted by Gasteiger charge is 2.63. The number of fused-ring (bicyclic) bond motifs is 5. The number of methoxy groups -OCH3 is 1. The van der Waals surface area contributed by atoms with Crippen molar-refractivity contribution in [1.29, 1.82) is 0 Å². The normalized spacial score (nSPS) is 46.4. The van der Waals surface area contributed by atoms with Crippen molar-refractivity contribution in [3.05, 3.63) is 0 Å². The Morgan fingerprint density at radius 1 is 1.09 bits per heavy atom. The Hall–Kier alpha value is -1.10. The van der Waals surface area contributed by atoms with Gasteiger partial charge in [0.15, 0.2) is 0 Å². The van der Waals surface area contributed by atoms with Crippen LogP contribution in [0.15, 0.2) is 0 Å². The van der Waals surface area contributed by atoms with Crippen molar-refractivity contribution in [2.75, 3.05) is 7.11 Å². The number of ether oxygens (including phenoxy) is 2. The maximum absolute atomic E-state index is 11.7. The van der Waals surface area contributed by atoms with Gasteiger partial charge in [-0.15, -0.1) is 0 Å². The molecule has 10 atom stereocenters. The molecule has 0 amide bonds. The van der Waals surface area contributed by atoms with Gasteiger partial charge >= 0.3 is 11.9 Å². The summed E-state index contributed by atoms with van der Waals surface area (Å²) in [5, 5.41) is 11.6. The second kappa shape index (κ2) is 8.92. The van der Waals surface area contributed by atoms with Crippen LogP contribution in [0.3, 0.4) is 0 Å². The molecule has 32 heavy (non-hydrogen) atoms. The molecule has 0 aromatic rings. The molecule has 1 N–H and O–H groups in total. The maximum atomic E-state index is 11.7. The Kier molecular flexibility index (Phi) is 6.70. The fraction of sp³-hybridized carbons (Fsp3) is 0.926. The van der Waals surface area contributed by atoms with Gasteiger partial charge in [0.1, 0.15) is 6.10 Å². The minimum Gasteiger partial charge on any atom is -0.469 e. The van der Waals surface area contributed by atoms with Gasteiger partial charge in [0.25, 0.3) is 0 Å². The summed E-state index contributed by atoms with van der Waals surface area (Å²) in [6.45, 7) is 8.68. The lowest BCUT2D eigenvalue weighted by atomic mass is 9.43. The van der Waals surface area contributed by atoms with Crippen LogP contribution in [0, 0.1) is 46.3 Å². The molecule has 0 radical (unpaired) electrons. The minimum atomic E-state index is -0.257. The summed E-state index contributed by atoms with van der Waals surface area (Å²) in [7, 11) is 1.47. The summed E-state index contributed by atoms with van der Waals surface area (Å²) in [5.41, 5.74) is 0.309. The maximum Gasteiger partial charge on any atom is 0.305 e. The summed E-state index contributed by atoms with van der Waals surface area (Å²) in [6, 6.07) is 0. The zero-order valence-electron chi connectivity index (χ0n) is 20.8. The smallest absolute Gasteiger partial charge is 0.305 e. The largest absolute Gasteiger partial charge is 0.469 e. The molecule has 0 aliphatic heterocycles. The van der Waals surface area contributed by atoms with Gasteiger partial charge in [-0.3, -0.25) is 9.59 Å². The standard InChI is InChI=1S/C27H44O5/c1-16(6-11-24(30)31-5)21-9-10-22-20-8-7-18-14-19(32-17(2)28)12-13-26(18,3)25(20)23(29)15-27(21,22)4/h16,18-23,25,29H,6-15H2,1-5H3/t16?,18?,19-,20?,21?,22?,23?,25?,26?,27?/m1/s1. The predicted octanol–water partition coefficient (Wildman–Crippen LogP) is 5.14. The van der Waals surface area contributed by atoms with Crippen molar-refractivity contribution >= 4 is 11.9 Å². The summed E-state index contributed by atoms with van der Waals surface area (Å²) < 4.78 is 10.5. The molecule has 4 saturated carbocycles. The summed E-state index contributed by atoms with van der Waals surface area (Å²) >= 11 is 0. The first-order chi connectivity index (χ1) is 15.1. The van der Waals surface area contributed by atoms with E-state index in [0.717, 1.165) is 32.1 Å². The Labute approximate surface area is 194 Å². The van der Waals surface area contributed by atoms with E-state index in [2.05, 4.69) is 20.8 Å². The van der Waals surface area contributed by atoms with Crippen LogP contribution in [0.2, 0.25) is 0 Å². The molecule has 0 saturated heterocycles. The van der Waals surface area contributed by atoms with Crippen molar-refractivity contribution in [2.45, 2.75) is 104 Å². The molecule has 0 spiro atoms. The number of esters is 2. The minimum absolute atomic E-state index is 0.0552. The van der Waals surface area contributed by atoms with Crippen molar-refractivity contribution in [2.24, 2.45) is 46.3 Å². The van der Waals surface area contributed by atoms with Crippen LogP contribution < -0.4 is 0 Å². The average Bonchev–Trinajstić information content (AvgIpc) is 3.07. The van der Waals surface area contributed by atoms with Crippen LogP contribution in [-0.4, -0.2) is 36.4 Å². The summed E-state index contributed by atoms with van der Waals surface area (Å²) in [4.78, 5) is 23.2. The summed E-state index contributed by atoms with van der Waals surface area (Å²) in [5.74, 6) is 2.92. The molecule has 0 bridgehead atoms. The highest BCUT2D eigenvalue weighted by Crippen LogP contribution is 2.68. The van der Waals surface area contributed by atoms with Crippen molar-refractivity contribution in [3.8, 4) is 0 Å². The molecular weight excluding hydrogens is 404 g/mol. The van der Waals surface area contributed by atoms with E-state index in [1.54, 1.807) is 0 Å². The first kappa shape index (κ1) is 24.0. The molecule has 0 aromatic heterocycles. The first-order valence-electron chi connectivity index (χ1n) is 13.0. The van der Waals surface area contributed by atoms with Crippen LogP contribution in [0.4, 0.5) is 0 Å². The molecule has 4 rings (SSSR count).